The number of H-pyrrole nitrogens is 1. The summed E-state index contributed by atoms with van der Waals surface area (Å²) in [7, 11) is 0. The second-order valence-electron chi connectivity index (χ2n) is 7.33. The van der Waals surface area contributed by atoms with E-state index < -0.39 is 0 Å². The van der Waals surface area contributed by atoms with Gasteiger partial charge in [0, 0.05) is 30.8 Å². The van der Waals surface area contributed by atoms with Crippen molar-refractivity contribution in [2.45, 2.75) is 57.0 Å². The molecular weight excluding hydrogens is 332 g/mol. The lowest BCUT2D eigenvalue weighted by atomic mass is 9.85. The maximum atomic E-state index is 12.2. The van der Waals surface area contributed by atoms with Gasteiger partial charge in [-0.3, -0.25) is 14.8 Å². The Hall–Kier alpha value is -2.48. The number of aromatic amines is 1. The molecule has 0 bridgehead atoms. The number of nitrogens with one attached hydrogen (secondary N) is 1. The number of aromatic nitrogens is 5. The maximum Gasteiger partial charge on any atom is 0.272 e. The fourth-order valence-electron chi connectivity index (χ4n) is 3.93. The lowest BCUT2D eigenvalue weighted by molar-refractivity contribution is 0.114. The van der Waals surface area contributed by atoms with E-state index in [1.807, 2.05) is 6.07 Å². The average Bonchev–Trinajstić information content (AvgIpc) is 3.23. The van der Waals surface area contributed by atoms with Crippen LogP contribution in [-0.2, 0) is 6.54 Å². The SMILES string of the molecule is O=c1cc(CN2CCCC[C@H]2c2nnc(C3CCC3)o2)nc2cc[nH]n12. The fraction of sp³-hybridized carbons (Fsp3) is 0.556. The molecule has 136 valence electrons. The van der Waals surface area contributed by atoms with E-state index in [0.29, 0.717) is 24.0 Å². The van der Waals surface area contributed by atoms with Gasteiger partial charge in [0.2, 0.25) is 11.8 Å². The minimum absolute atomic E-state index is 0.0892. The maximum absolute atomic E-state index is 12.2. The van der Waals surface area contributed by atoms with E-state index in [-0.39, 0.29) is 11.6 Å². The van der Waals surface area contributed by atoms with Crippen molar-refractivity contribution in [2.24, 2.45) is 0 Å². The smallest absolute Gasteiger partial charge is 0.272 e. The fourth-order valence-corrected chi connectivity index (χ4v) is 3.93. The van der Waals surface area contributed by atoms with Crippen molar-refractivity contribution >= 4 is 5.65 Å². The number of nitrogens with zero attached hydrogens (tertiary/aromatic N) is 5. The third kappa shape index (κ3) is 2.74. The number of fused-ring (bicyclic) bond motifs is 1. The number of likely N-dealkylation sites (tertiary alicyclic amines) is 1. The first-order chi connectivity index (χ1) is 12.8. The van der Waals surface area contributed by atoms with Crippen LogP contribution < -0.4 is 5.56 Å². The van der Waals surface area contributed by atoms with E-state index in [9.17, 15) is 4.79 Å². The first kappa shape index (κ1) is 15.7. The highest BCUT2D eigenvalue weighted by Crippen LogP contribution is 2.37. The van der Waals surface area contributed by atoms with Gasteiger partial charge in [-0.05, 0) is 32.2 Å². The molecule has 26 heavy (non-hydrogen) atoms. The Morgan fingerprint density at radius 3 is 2.88 bits per heavy atom. The van der Waals surface area contributed by atoms with Crippen LogP contribution in [0.1, 0.15) is 68.0 Å². The van der Waals surface area contributed by atoms with Gasteiger partial charge >= 0.3 is 0 Å². The molecule has 1 atom stereocenters. The molecule has 0 radical (unpaired) electrons. The van der Waals surface area contributed by atoms with E-state index in [4.69, 9.17) is 4.42 Å². The van der Waals surface area contributed by atoms with Crippen LogP contribution >= 0.6 is 0 Å². The standard InChI is InChI=1S/C18H22N6O2/c25-16-10-13(20-15-7-8-19-24(15)16)11-23-9-2-1-6-14(23)18-22-21-17(26-18)12-4-3-5-12/h7-8,10,12,14,19H,1-6,9,11H2/t14-/m0/s1. The quantitative estimate of drug-likeness (QED) is 0.773. The summed E-state index contributed by atoms with van der Waals surface area (Å²) in [5.41, 5.74) is 1.33. The molecule has 4 heterocycles. The van der Waals surface area contributed by atoms with Crippen molar-refractivity contribution < 1.29 is 4.42 Å². The second-order valence-corrected chi connectivity index (χ2v) is 7.33. The Balaban J connectivity index is 1.40. The minimum atomic E-state index is -0.0892. The van der Waals surface area contributed by atoms with Crippen LogP contribution in [0, 0.1) is 0 Å². The van der Waals surface area contributed by atoms with Gasteiger partial charge in [0.25, 0.3) is 5.56 Å². The Morgan fingerprint density at radius 2 is 2.04 bits per heavy atom. The molecule has 1 N–H and O–H groups in total. The zero-order valence-corrected chi connectivity index (χ0v) is 14.6. The zero-order chi connectivity index (χ0) is 17.5. The van der Waals surface area contributed by atoms with Crippen molar-refractivity contribution in [1.29, 1.82) is 0 Å². The molecular formula is C18H22N6O2. The summed E-state index contributed by atoms with van der Waals surface area (Å²) < 4.78 is 7.47. The highest BCUT2D eigenvalue weighted by atomic mass is 16.4. The largest absolute Gasteiger partial charge is 0.423 e. The van der Waals surface area contributed by atoms with Gasteiger partial charge in [0.1, 0.15) is 0 Å². The van der Waals surface area contributed by atoms with Gasteiger partial charge in [0.05, 0.1) is 11.7 Å². The Kier molecular flexibility index (Phi) is 3.85. The van der Waals surface area contributed by atoms with Crippen LogP contribution in [0.4, 0.5) is 0 Å². The number of hydrogen-bond donors (Lipinski definition) is 1. The van der Waals surface area contributed by atoms with Crippen molar-refractivity contribution in [1.82, 2.24) is 29.7 Å². The third-order valence-electron chi connectivity index (χ3n) is 5.61. The lowest BCUT2D eigenvalue weighted by Crippen LogP contribution is -2.34. The van der Waals surface area contributed by atoms with Gasteiger partial charge in [-0.15, -0.1) is 10.2 Å². The molecule has 1 saturated carbocycles. The Bertz CT molecular complexity index is 969. The van der Waals surface area contributed by atoms with Gasteiger partial charge in [-0.2, -0.15) is 0 Å². The molecule has 3 aromatic heterocycles. The van der Waals surface area contributed by atoms with E-state index >= 15 is 0 Å². The second kappa shape index (κ2) is 6.35. The Labute approximate surface area is 150 Å². The van der Waals surface area contributed by atoms with Crippen molar-refractivity contribution in [2.75, 3.05) is 6.54 Å². The third-order valence-corrected chi connectivity index (χ3v) is 5.61. The Morgan fingerprint density at radius 1 is 1.15 bits per heavy atom. The first-order valence-electron chi connectivity index (χ1n) is 9.41. The van der Waals surface area contributed by atoms with Crippen LogP contribution in [0.3, 0.4) is 0 Å². The molecule has 1 aliphatic heterocycles. The predicted molar refractivity (Wildman–Crippen MR) is 93.7 cm³/mol. The average molecular weight is 354 g/mol. The minimum Gasteiger partial charge on any atom is -0.423 e. The van der Waals surface area contributed by atoms with Gasteiger partial charge < -0.3 is 4.42 Å². The van der Waals surface area contributed by atoms with Crippen LogP contribution in [0.5, 0.6) is 0 Å². The molecule has 1 aliphatic carbocycles. The lowest BCUT2D eigenvalue weighted by Gasteiger charge is -2.33. The number of piperidine rings is 1. The first-order valence-corrected chi connectivity index (χ1v) is 9.41. The summed E-state index contributed by atoms with van der Waals surface area (Å²) in [5, 5.41) is 11.5. The van der Waals surface area contributed by atoms with Gasteiger partial charge in [-0.1, -0.05) is 12.8 Å². The van der Waals surface area contributed by atoms with Crippen molar-refractivity contribution in [3.05, 3.63) is 46.2 Å². The van der Waals surface area contributed by atoms with E-state index in [2.05, 4.69) is 25.2 Å². The molecule has 8 heteroatoms. The monoisotopic (exact) mass is 354 g/mol. The summed E-state index contributed by atoms with van der Waals surface area (Å²) in [6, 6.07) is 3.51. The van der Waals surface area contributed by atoms with Crippen LogP contribution in [0.25, 0.3) is 5.65 Å². The van der Waals surface area contributed by atoms with Crippen molar-refractivity contribution in [3.8, 4) is 0 Å². The highest BCUT2D eigenvalue weighted by Gasteiger charge is 2.31. The molecule has 0 aromatic carbocycles. The summed E-state index contributed by atoms with van der Waals surface area (Å²) in [5.74, 6) is 1.96. The van der Waals surface area contributed by atoms with E-state index in [1.54, 1.807) is 12.3 Å². The molecule has 8 nitrogen and oxygen atoms in total. The highest BCUT2D eigenvalue weighted by molar-refractivity contribution is 5.36. The van der Waals surface area contributed by atoms with E-state index in [0.717, 1.165) is 50.2 Å². The van der Waals surface area contributed by atoms with Gasteiger partial charge in [-0.25, -0.2) is 9.50 Å². The van der Waals surface area contributed by atoms with E-state index in [1.165, 1.54) is 10.9 Å². The summed E-state index contributed by atoms with van der Waals surface area (Å²) >= 11 is 0. The van der Waals surface area contributed by atoms with Crippen molar-refractivity contribution in [3.63, 3.8) is 0 Å². The van der Waals surface area contributed by atoms with Crippen LogP contribution in [-0.4, -0.2) is 36.2 Å². The molecule has 0 spiro atoms. The van der Waals surface area contributed by atoms with Crippen LogP contribution in [0.15, 0.2) is 27.5 Å². The molecule has 0 amide bonds. The summed E-state index contributed by atoms with van der Waals surface area (Å²) in [4.78, 5) is 19.1. The summed E-state index contributed by atoms with van der Waals surface area (Å²) in [6.07, 6.45) is 8.55. The van der Waals surface area contributed by atoms with Crippen LogP contribution in [0.2, 0.25) is 0 Å². The molecule has 2 aliphatic rings. The predicted octanol–water partition coefficient (Wildman–Crippen LogP) is 2.40. The molecule has 2 fully saturated rings. The molecule has 1 saturated heterocycles. The molecule has 5 rings (SSSR count). The summed E-state index contributed by atoms with van der Waals surface area (Å²) in [6.45, 7) is 1.56. The topological polar surface area (TPSA) is 92.3 Å². The molecule has 0 unspecified atom stereocenters. The van der Waals surface area contributed by atoms with Gasteiger partial charge in [0.15, 0.2) is 5.65 Å². The zero-order valence-electron chi connectivity index (χ0n) is 14.6. The number of hydrogen-bond acceptors (Lipinski definition) is 6. The normalized spacial score (nSPS) is 21.9. The molecule has 3 aromatic rings. The number of rotatable bonds is 4.